The van der Waals surface area contributed by atoms with E-state index in [0.717, 1.165) is 48.3 Å². The van der Waals surface area contributed by atoms with Crippen molar-refractivity contribution in [3.8, 4) is 40.8 Å². The fourth-order valence-electron chi connectivity index (χ4n) is 9.26. The van der Waals surface area contributed by atoms with Crippen molar-refractivity contribution in [1.82, 2.24) is 34.9 Å². The highest BCUT2D eigenvalue weighted by Gasteiger charge is 2.46. The number of benzene rings is 3. The third kappa shape index (κ3) is 13.0. The number of carbonyl (C=O) groups is 5. The number of hydrogen-bond donors (Lipinski definition) is 2. The molecule has 2 atom stereocenters. The van der Waals surface area contributed by atoms with Gasteiger partial charge in [0.2, 0.25) is 11.8 Å². The van der Waals surface area contributed by atoms with Crippen LogP contribution in [-0.4, -0.2) is 138 Å². The molecule has 2 unspecified atom stereocenters. The van der Waals surface area contributed by atoms with Crippen LogP contribution in [0.15, 0.2) is 90.8 Å². The minimum atomic E-state index is -1.05. The van der Waals surface area contributed by atoms with Gasteiger partial charge in [0, 0.05) is 31.7 Å². The lowest BCUT2D eigenvalue weighted by Crippen LogP contribution is -2.54. The summed E-state index contributed by atoms with van der Waals surface area (Å²) in [7, 11) is 0. The van der Waals surface area contributed by atoms with Crippen LogP contribution in [0.2, 0.25) is 0 Å². The highest BCUT2D eigenvalue weighted by atomic mass is 16.6. The molecule has 0 radical (unpaired) electrons. The number of amides is 5. The van der Waals surface area contributed by atoms with E-state index in [1.807, 2.05) is 70.3 Å². The van der Waals surface area contributed by atoms with E-state index in [2.05, 4.69) is 35.1 Å². The number of aromatic nitrogens is 4. The van der Waals surface area contributed by atoms with Gasteiger partial charge < -0.3 is 39.1 Å². The maximum atomic E-state index is 14.0. The molecule has 2 saturated heterocycles. The van der Waals surface area contributed by atoms with Crippen LogP contribution in [0.5, 0.6) is 17.2 Å². The standard InChI is InChI=1S/C55H62N8O11/c1-4-37(52(66)61-24-11-12-39(35-61)63-50-47(49(56)57-36-58-50)48(60-63)38-17-19-41(20-18-38)74-40-13-6-5-7-14-40)34-55(2,3)23-8-9-25-69-26-27-70-28-29-71-30-31-72-32-33-73-44-16-10-15-42-46(44)54(68)62(53(42)67)43-21-22-45(64)59-51(43)65/h1,5-7,10,13-20,34,36,39,43H,8-9,11-12,21-33,35H2,2-3H3,(H2,56,57,58)(H,59,64,65)/b37-34+. The molecule has 3 aliphatic rings. The summed E-state index contributed by atoms with van der Waals surface area (Å²) in [4.78, 5) is 75.8. The predicted molar refractivity (Wildman–Crippen MR) is 273 cm³/mol. The summed E-state index contributed by atoms with van der Waals surface area (Å²) in [6.45, 7) is 8.40. The van der Waals surface area contributed by atoms with Gasteiger partial charge in [-0.1, -0.05) is 56.5 Å². The van der Waals surface area contributed by atoms with Crippen LogP contribution in [0, 0.1) is 17.8 Å². The first-order valence-corrected chi connectivity index (χ1v) is 25.0. The number of nitrogens with one attached hydrogen (secondary N) is 1. The fourth-order valence-corrected chi connectivity index (χ4v) is 9.26. The second-order valence-electron chi connectivity index (χ2n) is 18.8. The molecule has 5 aromatic rings. The Kier molecular flexibility index (Phi) is 17.8. The number of carbonyl (C=O) groups excluding carboxylic acids is 5. The molecule has 3 aliphatic heterocycles. The molecule has 3 N–H and O–H groups in total. The van der Waals surface area contributed by atoms with Crippen LogP contribution in [0.4, 0.5) is 5.82 Å². The van der Waals surface area contributed by atoms with Crippen LogP contribution in [-0.2, 0) is 33.3 Å². The smallest absolute Gasteiger partial charge is 0.266 e. The van der Waals surface area contributed by atoms with Crippen molar-refractivity contribution in [2.45, 2.75) is 70.9 Å². The number of anilines is 1. The molecular formula is C55H62N8O11. The molecule has 388 valence electrons. The largest absolute Gasteiger partial charge is 0.490 e. The summed E-state index contributed by atoms with van der Waals surface area (Å²) in [6, 6.07) is 20.7. The van der Waals surface area contributed by atoms with Gasteiger partial charge in [0.05, 0.1) is 74.4 Å². The molecule has 2 aromatic heterocycles. The second kappa shape index (κ2) is 25.0. The van der Waals surface area contributed by atoms with Crippen molar-refractivity contribution in [1.29, 1.82) is 0 Å². The molecular weight excluding hydrogens is 949 g/mol. The van der Waals surface area contributed by atoms with E-state index in [1.165, 1.54) is 12.4 Å². The number of ether oxygens (including phenoxy) is 6. The lowest BCUT2D eigenvalue weighted by molar-refractivity contribution is -0.136. The summed E-state index contributed by atoms with van der Waals surface area (Å²) in [6.07, 6.45) is 13.6. The van der Waals surface area contributed by atoms with Gasteiger partial charge in [-0.25, -0.2) is 14.6 Å². The fraction of sp³-hybridized carbons (Fsp3) is 0.418. The first-order valence-electron chi connectivity index (χ1n) is 25.0. The van der Waals surface area contributed by atoms with Crippen molar-refractivity contribution in [2.75, 3.05) is 78.3 Å². The van der Waals surface area contributed by atoms with E-state index in [1.54, 1.807) is 12.1 Å². The molecule has 0 aliphatic carbocycles. The SMILES string of the molecule is C#C/C(=C\C(C)(C)CCCCOCCOCCOCCOCCOc1cccc2c1C(=O)N(C1CCC(=O)NC1=O)C2=O)C(=O)N1CCCC(n2nc(-c3ccc(Oc4ccccc4)cc3)c3c(N)ncnc32)C1. The number of para-hydroxylation sites is 1. The first kappa shape index (κ1) is 52.8. The third-order valence-corrected chi connectivity index (χ3v) is 13.0. The van der Waals surface area contributed by atoms with Crippen molar-refractivity contribution in [3.05, 3.63) is 102 Å². The van der Waals surface area contributed by atoms with Crippen molar-refractivity contribution in [2.24, 2.45) is 5.41 Å². The lowest BCUT2D eigenvalue weighted by atomic mass is 9.85. The van der Waals surface area contributed by atoms with Gasteiger partial charge in [0.1, 0.15) is 47.7 Å². The predicted octanol–water partition coefficient (Wildman–Crippen LogP) is 6.33. The molecule has 5 amide bonds. The summed E-state index contributed by atoms with van der Waals surface area (Å²) in [5.74, 6) is 2.15. The monoisotopic (exact) mass is 1010 g/mol. The topological polar surface area (TPSA) is 229 Å². The van der Waals surface area contributed by atoms with Crippen LogP contribution >= 0.6 is 0 Å². The maximum absolute atomic E-state index is 14.0. The zero-order chi connectivity index (χ0) is 52.0. The minimum Gasteiger partial charge on any atom is -0.490 e. The number of nitrogens with zero attached hydrogens (tertiary/aromatic N) is 6. The van der Waals surface area contributed by atoms with E-state index < -0.39 is 29.7 Å². The highest BCUT2D eigenvalue weighted by Crippen LogP contribution is 2.37. The number of piperidine rings is 2. The average molecular weight is 1010 g/mol. The summed E-state index contributed by atoms with van der Waals surface area (Å²) < 4.78 is 36.3. The zero-order valence-electron chi connectivity index (χ0n) is 41.8. The number of allylic oxidation sites excluding steroid dienone is 1. The van der Waals surface area contributed by atoms with Gasteiger partial charge in [-0.2, -0.15) is 5.10 Å². The van der Waals surface area contributed by atoms with Gasteiger partial charge in [-0.3, -0.25) is 34.2 Å². The number of rotatable bonds is 25. The van der Waals surface area contributed by atoms with E-state index in [9.17, 15) is 24.0 Å². The van der Waals surface area contributed by atoms with Crippen LogP contribution in [0.1, 0.15) is 85.6 Å². The number of likely N-dealkylation sites (tertiary alicyclic amines) is 1. The third-order valence-electron chi connectivity index (χ3n) is 13.0. The van der Waals surface area contributed by atoms with Crippen molar-refractivity contribution >= 4 is 46.4 Å². The Morgan fingerprint density at radius 3 is 2.22 bits per heavy atom. The molecule has 0 bridgehead atoms. The molecule has 0 spiro atoms. The Bertz CT molecular complexity index is 2880. The van der Waals surface area contributed by atoms with E-state index >= 15 is 0 Å². The Morgan fingerprint density at radius 2 is 1.51 bits per heavy atom. The quantitative estimate of drug-likeness (QED) is 0.0282. The van der Waals surface area contributed by atoms with Crippen molar-refractivity contribution < 1.29 is 52.4 Å². The normalized spacial score (nSPS) is 17.1. The number of imide groups is 2. The Morgan fingerprint density at radius 1 is 0.824 bits per heavy atom. The average Bonchev–Trinajstić information content (AvgIpc) is 3.92. The number of hydrogen-bond acceptors (Lipinski definition) is 15. The maximum Gasteiger partial charge on any atom is 0.266 e. The minimum absolute atomic E-state index is 0.0404. The van der Waals surface area contributed by atoms with Gasteiger partial charge in [-0.05, 0) is 86.1 Å². The van der Waals surface area contributed by atoms with E-state index in [4.69, 9.17) is 45.7 Å². The molecule has 0 saturated carbocycles. The summed E-state index contributed by atoms with van der Waals surface area (Å²) in [5.41, 5.74) is 8.80. The van der Waals surface area contributed by atoms with Gasteiger partial charge in [0.25, 0.3) is 17.7 Å². The van der Waals surface area contributed by atoms with E-state index in [0.29, 0.717) is 93.2 Å². The van der Waals surface area contributed by atoms with Gasteiger partial charge in [-0.15, -0.1) is 6.42 Å². The van der Waals surface area contributed by atoms with Crippen molar-refractivity contribution in [3.63, 3.8) is 0 Å². The molecule has 19 heteroatoms. The summed E-state index contributed by atoms with van der Waals surface area (Å²) in [5, 5.41) is 7.89. The van der Waals surface area contributed by atoms with Crippen LogP contribution < -0.4 is 20.5 Å². The van der Waals surface area contributed by atoms with Crippen LogP contribution in [0.3, 0.4) is 0 Å². The van der Waals surface area contributed by atoms with E-state index in [-0.39, 0.29) is 60.3 Å². The number of nitrogens with two attached hydrogens (primary N) is 1. The number of terminal acetylenes is 1. The molecule has 5 heterocycles. The molecule has 19 nitrogen and oxygen atoms in total. The Labute approximate surface area is 429 Å². The molecule has 8 rings (SSSR count). The Hall–Kier alpha value is -7.50. The van der Waals surface area contributed by atoms with Crippen LogP contribution in [0.25, 0.3) is 22.3 Å². The first-order chi connectivity index (χ1) is 35.9. The molecule has 2 fully saturated rings. The molecule has 74 heavy (non-hydrogen) atoms. The molecule has 3 aromatic carbocycles. The Balaban J connectivity index is 0.687. The second-order valence-corrected chi connectivity index (χ2v) is 18.8. The lowest BCUT2D eigenvalue weighted by Gasteiger charge is -2.33. The van der Waals surface area contributed by atoms with Gasteiger partial charge in [0.15, 0.2) is 5.65 Å². The summed E-state index contributed by atoms with van der Waals surface area (Å²) >= 11 is 0. The highest BCUT2D eigenvalue weighted by molar-refractivity contribution is 6.24. The number of unbranched alkanes of at least 4 members (excludes halogenated alkanes) is 1. The van der Waals surface area contributed by atoms with Gasteiger partial charge >= 0.3 is 0 Å². The number of fused-ring (bicyclic) bond motifs is 2. The number of nitrogen functional groups attached to an aromatic ring is 1. The zero-order valence-corrected chi connectivity index (χ0v) is 41.8.